The highest BCUT2D eigenvalue weighted by Crippen LogP contribution is 2.21. The molecular weight excluding hydrogens is 304 g/mol. The van der Waals surface area contributed by atoms with Crippen LogP contribution in [-0.2, 0) is 14.8 Å². The number of sulfonamides is 1. The minimum atomic E-state index is -3.82. The molecule has 0 aliphatic rings. The lowest BCUT2D eigenvalue weighted by Gasteiger charge is -2.16. The van der Waals surface area contributed by atoms with Crippen molar-refractivity contribution in [2.45, 2.75) is 38.3 Å². The summed E-state index contributed by atoms with van der Waals surface area (Å²) in [5.41, 5.74) is 7.63. The Bertz CT molecular complexity index is 578. The summed E-state index contributed by atoms with van der Waals surface area (Å²) in [6, 6.07) is 3.51. The highest BCUT2D eigenvalue weighted by molar-refractivity contribution is 7.89. The van der Waals surface area contributed by atoms with Gasteiger partial charge in [0.05, 0.1) is 17.5 Å². The van der Waals surface area contributed by atoms with Crippen LogP contribution >= 0.6 is 12.4 Å². The largest absolute Gasteiger partial charge is 0.481 e. The molecule has 1 aromatic rings. The summed E-state index contributed by atoms with van der Waals surface area (Å²) in [5, 5.41) is 8.58. The summed E-state index contributed by atoms with van der Waals surface area (Å²) in [6.07, 6.45) is -1.62. The fraction of sp³-hybridized carbons (Fsp3) is 0.417. The van der Waals surface area contributed by atoms with Gasteiger partial charge < -0.3 is 10.8 Å². The van der Waals surface area contributed by atoms with Gasteiger partial charge in [-0.1, -0.05) is 17.7 Å². The molecule has 1 aromatic carbocycles. The Labute approximate surface area is 124 Å². The minimum absolute atomic E-state index is 0. The molecule has 4 N–H and O–H groups in total. The molecule has 1 rings (SSSR count). The molecule has 1 unspecified atom stereocenters. The molecule has 0 spiro atoms. The van der Waals surface area contributed by atoms with Gasteiger partial charge in [0.25, 0.3) is 0 Å². The van der Waals surface area contributed by atoms with Gasteiger partial charge in [-0.05, 0) is 31.9 Å². The number of nitrogens with one attached hydrogen (secondary N) is 1. The van der Waals surface area contributed by atoms with Crippen molar-refractivity contribution in [1.82, 2.24) is 4.72 Å². The van der Waals surface area contributed by atoms with Crippen molar-refractivity contribution >= 4 is 28.4 Å². The Morgan fingerprint density at radius 1 is 1.30 bits per heavy atom. The van der Waals surface area contributed by atoms with Crippen molar-refractivity contribution in [2.75, 3.05) is 0 Å². The normalized spacial score (nSPS) is 12.6. The van der Waals surface area contributed by atoms with E-state index >= 15 is 0 Å². The molecule has 0 amide bonds. The SMILES string of the molecule is Cc1cc(C)c(S(=O)(=O)NC(N)CC(=O)O)c(C)c1.Cl. The summed E-state index contributed by atoms with van der Waals surface area (Å²) >= 11 is 0. The van der Waals surface area contributed by atoms with Crippen molar-refractivity contribution in [3.63, 3.8) is 0 Å². The third kappa shape index (κ3) is 4.75. The average molecular weight is 323 g/mol. The zero-order chi connectivity index (χ0) is 14.8. The van der Waals surface area contributed by atoms with E-state index in [1.54, 1.807) is 26.0 Å². The van der Waals surface area contributed by atoms with Crippen LogP contribution in [-0.4, -0.2) is 25.7 Å². The molecule has 0 aromatic heterocycles. The third-order valence-corrected chi connectivity index (χ3v) is 4.37. The fourth-order valence-corrected chi connectivity index (χ4v) is 3.64. The number of carbonyl (C=O) groups is 1. The summed E-state index contributed by atoms with van der Waals surface area (Å²) in [5.74, 6) is -1.16. The molecule has 0 bridgehead atoms. The number of rotatable bonds is 5. The van der Waals surface area contributed by atoms with Gasteiger partial charge in [-0.2, -0.15) is 4.72 Å². The van der Waals surface area contributed by atoms with Crippen LogP contribution in [0, 0.1) is 20.8 Å². The third-order valence-electron chi connectivity index (χ3n) is 2.57. The number of hydrogen-bond donors (Lipinski definition) is 3. The minimum Gasteiger partial charge on any atom is -0.481 e. The molecule has 0 fully saturated rings. The van der Waals surface area contributed by atoms with Crippen LogP contribution in [0.2, 0.25) is 0 Å². The van der Waals surface area contributed by atoms with Crippen molar-refractivity contribution in [2.24, 2.45) is 5.73 Å². The summed E-state index contributed by atoms with van der Waals surface area (Å²) in [7, 11) is -3.82. The lowest BCUT2D eigenvalue weighted by atomic mass is 10.1. The zero-order valence-electron chi connectivity index (χ0n) is 11.5. The number of hydrogen-bond acceptors (Lipinski definition) is 4. The molecule has 8 heteroatoms. The smallest absolute Gasteiger partial charge is 0.306 e. The Morgan fingerprint density at radius 2 is 1.75 bits per heavy atom. The predicted molar refractivity (Wildman–Crippen MR) is 78.5 cm³/mol. The monoisotopic (exact) mass is 322 g/mol. The van der Waals surface area contributed by atoms with Crippen molar-refractivity contribution in [3.8, 4) is 0 Å². The first-order valence-electron chi connectivity index (χ1n) is 5.71. The molecule has 0 radical (unpaired) electrons. The van der Waals surface area contributed by atoms with E-state index < -0.39 is 28.6 Å². The molecular formula is C12H19ClN2O4S. The second kappa shape index (κ2) is 7.03. The van der Waals surface area contributed by atoms with Gasteiger partial charge in [0.1, 0.15) is 0 Å². The van der Waals surface area contributed by atoms with Crippen molar-refractivity contribution < 1.29 is 18.3 Å². The summed E-state index contributed by atoms with van der Waals surface area (Å²) < 4.78 is 26.6. The number of halogens is 1. The van der Waals surface area contributed by atoms with Gasteiger partial charge in [-0.15, -0.1) is 12.4 Å². The highest BCUT2D eigenvalue weighted by Gasteiger charge is 2.23. The van der Waals surface area contributed by atoms with Crippen LogP contribution in [0.3, 0.4) is 0 Å². The maximum absolute atomic E-state index is 12.2. The average Bonchev–Trinajstić information content (AvgIpc) is 2.10. The number of carboxylic acid groups (broad SMARTS) is 1. The predicted octanol–water partition coefficient (Wildman–Crippen LogP) is 1.07. The van der Waals surface area contributed by atoms with E-state index in [1.807, 2.05) is 6.92 Å². The van der Waals surface area contributed by atoms with Gasteiger partial charge >= 0.3 is 5.97 Å². The van der Waals surface area contributed by atoms with Gasteiger partial charge in [-0.3, -0.25) is 4.79 Å². The summed E-state index contributed by atoms with van der Waals surface area (Å²) in [4.78, 5) is 10.6. The molecule has 0 saturated carbocycles. The molecule has 20 heavy (non-hydrogen) atoms. The van der Waals surface area contributed by atoms with Gasteiger partial charge in [-0.25, -0.2) is 8.42 Å². The molecule has 1 atom stereocenters. The second-order valence-corrected chi connectivity index (χ2v) is 6.20. The maximum Gasteiger partial charge on any atom is 0.306 e. The molecule has 0 heterocycles. The molecule has 0 saturated heterocycles. The van der Waals surface area contributed by atoms with Crippen LogP contribution < -0.4 is 10.5 Å². The van der Waals surface area contributed by atoms with Gasteiger partial charge in [0.2, 0.25) is 10.0 Å². The molecule has 0 aliphatic heterocycles. The van der Waals surface area contributed by atoms with Crippen LogP contribution in [0.4, 0.5) is 0 Å². The number of aryl methyl sites for hydroxylation is 3. The second-order valence-electron chi connectivity index (χ2n) is 4.55. The maximum atomic E-state index is 12.2. The number of carboxylic acids is 1. The van der Waals surface area contributed by atoms with Crippen molar-refractivity contribution in [3.05, 3.63) is 28.8 Å². The summed E-state index contributed by atoms with van der Waals surface area (Å²) in [6.45, 7) is 5.26. The molecule has 6 nitrogen and oxygen atoms in total. The first kappa shape index (κ1) is 18.9. The Hall–Kier alpha value is -1.15. The van der Waals surface area contributed by atoms with Gasteiger partial charge in [0, 0.05) is 0 Å². The van der Waals surface area contributed by atoms with E-state index in [2.05, 4.69) is 4.72 Å². The lowest BCUT2D eigenvalue weighted by molar-refractivity contribution is -0.137. The Kier molecular flexibility index (Phi) is 6.63. The fourth-order valence-electron chi connectivity index (χ4n) is 2.08. The molecule has 0 aliphatic carbocycles. The van der Waals surface area contributed by atoms with Crippen LogP contribution in [0.25, 0.3) is 0 Å². The number of aliphatic carboxylic acids is 1. The number of nitrogens with two attached hydrogens (primary N) is 1. The first-order valence-corrected chi connectivity index (χ1v) is 7.19. The lowest BCUT2D eigenvalue weighted by Crippen LogP contribution is -2.43. The topological polar surface area (TPSA) is 109 Å². The highest BCUT2D eigenvalue weighted by atomic mass is 35.5. The van der Waals surface area contributed by atoms with Gasteiger partial charge in [0.15, 0.2) is 0 Å². The van der Waals surface area contributed by atoms with Crippen LogP contribution in [0.5, 0.6) is 0 Å². The Morgan fingerprint density at radius 3 is 2.15 bits per heavy atom. The van der Waals surface area contributed by atoms with E-state index in [4.69, 9.17) is 10.8 Å². The number of benzene rings is 1. The van der Waals surface area contributed by atoms with Crippen molar-refractivity contribution in [1.29, 1.82) is 0 Å². The first-order chi connectivity index (χ1) is 8.63. The van der Waals surface area contributed by atoms with E-state index in [0.717, 1.165) is 5.56 Å². The van der Waals surface area contributed by atoms with Crippen LogP contribution in [0.15, 0.2) is 17.0 Å². The van der Waals surface area contributed by atoms with E-state index in [0.29, 0.717) is 11.1 Å². The van der Waals surface area contributed by atoms with E-state index in [-0.39, 0.29) is 17.3 Å². The zero-order valence-corrected chi connectivity index (χ0v) is 13.1. The van der Waals surface area contributed by atoms with Crippen LogP contribution in [0.1, 0.15) is 23.1 Å². The standard InChI is InChI=1S/C12H18N2O4S.ClH/c1-7-4-8(2)12(9(3)5-7)19(17,18)14-10(13)6-11(15)16;/h4-5,10,14H,6,13H2,1-3H3,(H,15,16);1H. The Balaban J connectivity index is 0.00000361. The quantitative estimate of drug-likeness (QED) is 0.702. The van der Waals surface area contributed by atoms with E-state index in [1.165, 1.54) is 0 Å². The molecule has 114 valence electrons. The van der Waals surface area contributed by atoms with E-state index in [9.17, 15) is 13.2 Å².